The predicted molar refractivity (Wildman–Crippen MR) is 59.2 cm³/mol. The first-order valence-electron chi connectivity index (χ1n) is 5.50. The number of aromatic nitrogens is 4. The molecule has 1 aliphatic rings. The SMILES string of the molecule is Nc1nc(F)nc2c1ncn2C1OC(C=O)CC1F. The Balaban J connectivity index is 2.08. The van der Waals surface area contributed by atoms with E-state index in [9.17, 15) is 13.6 Å². The second kappa shape index (κ2) is 4.19. The highest BCUT2D eigenvalue weighted by atomic mass is 19.1. The summed E-state index contributed by atoms with van der Waals surface area (Å²) in [5.41, 5.74) is 5.69. The van der Waals surface area contributed by atoms with E-state index in [1.165, 1.54) is 10.9 Å². The summed E-state index contributed by atoms with van der Waals surface area (Å²) >= 11 is 0. The number of carbonyl (C=O) groups is 1. The topological polar surface area (TPSA) is 95.9 Å². The van der Waals surface area contributed by atoms with Crippen LogP contribution in [0.25, 0.3) is 11.2 Å². The summed E-state index contributed by atoms with van der Waals surface area (Å²) in [5.74, 6) is -0.137. The Morgan fingerprint density at radius 2 is 2.32 bits per heavy atom. The van der Waals surface area contributed by atoms with Crippen molar-refractivity contribution in [3.05, 3.63) is 12.4 Å². The van der Waals surface area contributed by atoms with Crippen LogP contribution in [0.4, 0.5) is 14.6 Å². The van der Waals surface area contributed by atoms with Gasteiger partial charge in [-0.3, -0.25) is 4.57 Å². The lowest BCUT2D eigenvalue weighted by molar-refractivity contribution is -0.119. The predicted octanol–water partition coefficient (Wildman–Crippen LogP) is 0.372. The lowest BCUT2D eigenvalue weighted by Crippen LogP contribution is -2.16. The molecule has 0 spiro atoms. The minimum atomic E-state index is -1.41. The molecule has 100 valence electrons. The standard InChI is InChI=1S/C10H9F2N5O2/c11-5-1-4(2-18)19-9(5)17-3-14-6-7(13)15-10(12)16-8(6)17/h2-5,9H,1H2,(H2,13,15,16). The van der Waals surface area contributed by atoms with Gasteiger partial charge in [-0.2, -0.15) is 14.4 Å². The Morgan fingerprint density at radius 1 is 1.53 bits per heavy atom. The van der Waals surface area contributed by atoms with Gasteiger partial charge in [0.2, 0.25) is 0 Å². The van der Waals surface area contributed by atoms with Crippen molar-refractivity contribution in [2.45, 2.75) is 24.9 Å². The van der Waals surface area contributed by atoms with E-state index in [0.717, 1.165) is 0 Å². The fraction of sp³-hybridized carbons (Fsp3) is 0.400. The van der Waals surface area contributed by atoms with Gasteiger partial charge in [0.1, 0.15) is 18.6 Å². The van der Waals surface area contributed by atoms with Gasteiger partial charge in [-0.05, 0) is 0 Å². The van der Waals surface area contributed by atoms with Gasteiger partial charge in [-0.1, -0.05) is 0 Å². The van der Waals surface area contributed by atoms with Crippen molar-refractivity contribution in [2.24, 2.45) is 0 Å². The van der Waals surface area contributed by atoms with Gasteiger partial charge in [-0.15, -0.1) is 0 Å². The number of nitrogen functional groups attached to an aromatic ring is 1. The van der Waals surface area contributed by atoms with Crippen LogP contribution in [0, 0.1) is 6.08 Å². The summed E-state index contributed by atoms with van der Waals surface area (Å²) in [5, 5.41) is 0. The van der Waals surface area contributed by atoms with Crippen LogP contribution in [0.3, 0.4) is 0 Å². The number of carbonyl (C=O) groups excluding carboxylic acids is 1. The molecule has 9 heteroatoms. The van der Waals surface area contributed by atoms with Crippen LogP contribution in [0.15, 0.2) is 6.33 Å². The van der Waals surface area contributed by atoms with Crippen LogP contribution in [0.2, 0.25) is 0 Å². The Morgan fingerprint density at radius 3 is 3.00 bits per heavy atom. The van der Waals surface area contributed by atoms with E-state index in [0.29, 0.717) is 6.29 Å². The molecule has 0 saturated carbocycles. The Kier molecular flexibility index (Phi) is 2.63. The lowest BCUT2D eigenvalue weighted by atomic mass is 10.2. The lowest BCUT2D eigenvalue weighted by Gasteiger charge is -2.14. The number of hydrogen-bond acceptors (Lipinski definition) is 6. The third-order valence-corrected chi connectivity index (χ3v) is 2.93. The molecule has 1 saturated heterocycles. The molecule has 19 heavy (non-hydrogen) atoms. The fourth-order valence-corrected chi connectivity index (χ4v) is 2.08. The van der Waals surface area contributed by atoms with Crippen molar-refractivity contribution in [3.63, 3.8) is 0 Å². The number of ether oxygens (including phenoxy) is 1. The monoisotopic (exact) mass is 269 g/mol. The Hall–Kier alpha value is -2.16. The summed E-state index contributed by atoms with van der Waals surface area (Å²) in [6.45, 7) is 0. The molecule has 3 rings (SSSR count). The Labute approximate surface area is 105 Å². The third kappa shape index (κ3) is 1.82. The molecule has 3 unspecified atom stereocenters. The molecule has 3 heterocycles. The van der Waals surface area contributed by atoms with E-state index in [-0.39, 0.29) is 23.4 Å². The maximum atomic E-state index is 13.8. The smallest absolute Gasteiger partial charge is 0.312 e. The van der Waals surface area contributed by atoms with Crippen LogP contribution < -0.4 is 5.73 Å². The molecule has 0 bridgehead atoms. The van der Waals surface area contributed by atoms with Crippen LogP contribution in [-0.4, -0.2) is 38.1 Å². The number of nitrogens with zero attached hydrogens (tertiary/aromatic N) is 4. The van der Waals surface area contributed by atoms with Gasteiger partial charge in [0.05, 0.1) is 6.33 Å². The molecule has 2 aromatic rings. The molecular weight excluding hydrogens is 260 g/mol. The molecule has 2 N–H and O–H groups in total. The number of halogens is 2. The molecule has 3 atom stereocenters. The maximum Gasteiger partial charge on any atom is 0.312 e. The van der Waals surface area contributed by atoms with Crippen LogP contribution in [0.1, 0.15) is 12.6 Å². The van der Waals surface area contributed by atoms with Gasteiger partial charge in [0.25, 0.3) is 0 Å². The normalized spacial score (nSPS) is 26.9. The number of fused-ring (bicyclic) bond motifs is 1. The molecule has 1 aliphatic heterocycles. The van der Waals surface area contributed by atoms with Crippen molar-refractivity contribution >= 4 is 23.3 Å². The summed E-state index contributed by atoms with van der Waals surface area (Å²) in [6.07, 6.45) is -2.65. The van der Waals surface area contributed by atoms with Crippen molar-refractivity contribution in [1.82, 2.24) is 19.5 Å². The first-order valence-corrected chi connectivity index (χ1v) is 5.50. The fourth-order valence-electron chi connectivity index (χ4n) is 2.08. The number of alkyl halides is 1. The molecule has 0 amide bonds. The molecule has 2 aromatic heterocycles. The van der Waals surface area contributed by atoms with Gasteiger partial charge < -0.3 is 15.3 Å². The highest BCUT2D eigenvalue weighted by Crippen LogP contribution is 2.32. The zero-order valence-corrected chi connectivity index (χ0v) is 9.53. The molecule has 1 fully saturated rings. The number of rotatable bonds is 2. The quantitative estimate of drug-likeness (QED) is 0.625. The van der Waals surface area contributed by atoms with E-state index in [4.69, 9.17) is 10.5 Å². The second-order valence-electron chi connectivity index (χ2n) is 4.15. The first kappa shape index (κ1) is 11.9. The second-order valence-corrected chi connectivity index (χ2v) is 4.15. The number of aldehydes is 1. The third-order valence-electron chi connectivity index (χ3n) is 2.93. The summed E-state index contributed by atoms with van der Waals surface area (Å²) in [6, 6.07) is 0. The summed E-state index contributed by atoms with van der Waals surface area (Å²) in [4.78, 5) is 21.4. The largest absolute Gasteiger partial charge is 0.382 e. The van der Waals surface area contributed by atoms with Crippen molar-refractivity contribution in [1.29, 1.82) is 0 Å². The molecule has 7 nitrogen and oxygen atoms in total. The average Bonchev–Trinajstić information content (AvgIpc) is 2.92. The molecular formula is C10H9F2N5O2. The Bertz CT molecular complexity index is 646. The zero-order valence-electron chi connectivity index (χ0n) is 9.53. The highest BCUT2D eigenvalue weighted by Gasteiger charge is 2.37. The van der Waals surface area contributed by atoms with E-state index in [2.05, 4.69) is 15.0 Å². The number of hydrogen-bond donors (Lipinski definition) is 1. The van der Waals surface area contributed by atoms with Crippen molar-refractivity contribution < 1.29 is 18.3 Å². The van der Waals surface area contributed by atoms with Gasteiger partial charge in [-0.25, -0.2) is 9.37 Å². The molecule has 0 aliphatic carbocycles. The van der Waals surface area contributed by atoms with Gasteiger partial charge in [0, 0.05) is 6.42 Å². The van der Waals surface area contributed by atoms with Crippen LogP contribution >= 0.6 is 0 Å². The van der Waals surface area contributed by atoms with E-state index in [1.54, 1.807) is 0 Å². The minimum absolute atomic E-state index is 0.0317. The van der Waals surface area contributed by atoms with Gasteiger partial charge >= 0.3 is 6.08 Å². The molecule has 0 aromatic carbocycles. The van der Waals surface area contributed by atoms with Crippen LogP contribution in [0.5, 0.6) is 0 Å². The highest BCUT2D eigenvalue weighted by molar-refractivity contribution is 5.81. The summed E-state index contributed by atoms with van der Waals surface area (Å²) < 4.78 is 33.4. The van der Waals surface area contributed by atoms with Gasteiger partial charge in [0.15, 0.2) is 23.2 Å². The number of imidazole rings is 1. The first-order chi connectivity index (χ1) is 9.10. The minimum Gasteiger partial charge on any atom is -0.382 e. The van der Waals surface area contributed by atoms with E-state index >= 15 is 0 Å². The van der Waals surface area contributed by atoms with Crippen molar-refractivity contribution in [3.8, 4) is 0 Å². The number of anilines is 1. The van der Waals surface area contributed by atoms with E-state index < -0.39 is 24.6 Å². The van der Waals surface area contributed by atoms with Crippen molar-refractivity contribution in [2.75, 3.05) is 5.73 Å². The van der Waals surface area contributed by atoms with Crippen LogP contribution in [-0.2, 0) is 9.53 Å². The maximum absolute atomic E-state index is 13.8. The summed E-state index contributed by atoms with van der Waals surface area (Å²) in [7, 11) is 0. The number of nitrogens with two attached hydrogens (primary N) is 1. The van der Waals surface area contributed by atoms with E-state index in [1.807, 2.05) is 0 Å². The molecule has 0 radical (unpaired) electrons. The average molecular weight is 269 g/mol. The zero-order chi connectivity index (χ0) is 13.6.